The van der Waals surface area contributed by atoms with Crippen LogP contribution < -0.4 is 10.1 Å². The highest BCUT2D eigenvalue weighted by atomic mass is 19.1. The minimum atomic E-state index is -0.638. The molecule has 1 aliphatic heterocycles. The van der Waals surface area contributed by atoms with Gasteiger partial charge in [0.05, 0.1) is 6.04 Å². The molecule has 1 aliphatic rings. The van der Waals surface area contributed by atoms with Gasteiger partial charge >= 0.3 is 0 Å². The van der Waals surface area contributed by atoms with Gasteiger partial charge in [-0.25, -0.2) is 8.78 Å². The number of amides is 1. The van der Waals surface area contributed by atoms with Gasteiger partial charge in [0, 0.05) is 6.42 Å². The molecular formula is C23H19F2NO2. The zero-order valence-electron chi connectivity index (χ0n) is 15.1. The molecule has 4 rings (SSSR count). The van der Waals surface area contributed by atoms with E-state index in [4.69, 9.17) is 4.74 Å². The lowest BCUT2D eigenvalue weighted by Crippen LogP contribution is -2.40. The van der Waals surface area contributed by atoms with E-state index in [1.807, 2.05) is 24.3 Å². The first kappa shape index (κ1) is 18.2. The zero-order valence-corrected chi connectivity index (χ0v) is 15.1. The van der Waals surface area contributed by atoms with Crippen LogP contribution in [-0.2, 0) is 17.6 Å². The molecule has 1 heterocycles. The predicted molar refractivity (Wildman–Crippen MR) is 102 cm³/mol. The number of rotatable bonds is 5. The summed E-state index contributed by atoms with van der Waals surface area (Å²) in [5.41, 5.74) is 2.31. The summed E-state index contributed by atoms with van der Waals surface area (Å²) in [5, 5.41) is 2.95. The Morgan fingerprint density at radius 2 is 1.75 bits per heavy atom. The highest BCUT2D eigenvalue weighted by Gasteiger charge is 2.30. The standard InChI is InChI=1S/C23H19F2NO2/c24-18-8-3-5-15(11-18)12-20(16-7-4-9-19(25)13-16)26-23(27)22-14-17-6-1-2-10-21(17)28-22/h1-11,13,20,22H,12,14H2,(H,26,27). The second-order valence-corrected chi connectivity index (χ2v) is 6.87. The molecule has 1 N–H and O–H groups in total. The Morgan fingerprint density at radius 3 is 2.50 bits per heavy atom. The number of nitrogens with one attached hydrogen (secondary N) is 1. The van der Waals surface area contributed by atoms with Gasteiger partial charge in [-0.2, -0.15) is 0 Å². The maximum Gasteiger partial charge on any atom is 0.261 e. The zero-order chi connectivity index (χ0) is 19.5. The summed E-state index contributed by atoms with van der Waals surface area (Å²) >= 11 is 0. The summed E-state index contributed by atoms with van der Waals surface area (Å²) in [6, 6.07) is 19.3. The summed E-state index contributed by atoms with van der Waals surface area (Å²) in [6.07, 6.45) is 0.186. The molecule has 0 saturated heterocycles. The first-order valence-electron chi connectivity index (χ1n) is 9.13. The van der Waals surface area contributed by atoms with Crippen molar-refractivity contribution in [2.24, 2.45) is 0 Å². The predicted octanol–water partition coefficient (Wildman–Crippen LogP) is 4.37. The van der Waals surface area contributed by atoms with E-state index in [2.05, 4.69) is 5.32 Å². The molecule has 3 nitrogen and oxygen atoms in total. The van der Waals surface area contributed by atoms with Crippen molar-refractivity contribution in [3.8, 4) is 5.75 Å². The van der Waals surface area contributed by atoms with Gasteiger partial charge in [-0.05, 0) is 53.4 Å². The molecule has 0 aromatic heterocycles. The van der Waals surface area contributed by atoms with Crippen LogP contribution in [0.15, 0.2) is 72.8 Å². The van der Waals surface area contributed by atoms with Gasteiger partial charge in [0.1, 0.15) is 17.4 Å². The van der Waals surface area contributed by atoms with Crippen LogP contribution in [0.4, 0.5) is 8.78 Å². The Kier molecular flexibility index (Phi) is 5.06. The number of hydrogen-bond donors (Lipinski definition) is 1. The Hall–Kier alpha value is -3.21. The van der Waals surface area contributed by atoms with Crippen LogP contribution >= 0.6 is 0 Å². The molecule has 5 heteroatoms. The van der Waals surface area contributed by atoms with Crippen LogP contribution in [0, 0.1) is 11.6 Å². The normalized spacial score (nSPS) is 16.1. The van der Waals surface area contributed by atoms with Gasteiger partial charge in [-0.15, -0.1) is 0 Å². The molecular weight excluding hydrogens is 360 g/mol. The molecule has 2 unspecified atom stereocenters. The second kappa shape index (κ2) is 7.80. The third kappa shape index (κ3) is 4.03. The summed E-state index contributed by atoms with van der Waals surface area (Å²) < 4.78 is 33.1. The maximum atomic E-state index is 13.8. The first-order valence-corrected chi connectivity index (χ1v) is 9.13. The lowest BCUT2D eigenvalue weighted by atomic mass is 9.98. The fourth-order valence-electron chi connectivity index (χ4n) is 3.47. The first-order chi connectivity index (χ1) is 13.6. The third-order valence-corrected chi connectivity index (χ3v) is 4.84. The SMILES string of the molecule is O=C(NC(Cc1cccc(F)c1)c1cccc(F)c1)C1Cc2ccccc2O1. The van der Waals surface area contributed by atoms with E-state index in [0.717, 1.165) is 5.56 Å². The quantitative estimate of drug-likeness (QED) is 0.715. The highest BCUT2D eigenvalue weighted by Crippen LogP contribution is 2.29. The minimum Gasteiger partial charge on any atom is -0.480 e. The number of carbonyl (C=O) groups is 1. The van der Waals surface area contributed by atoms with Gasteiger partial charge in [0.25, 0.3) is 5.91 Å². The van der Waals surface area contributed by atoms with Crippen LogP contribution in [0.1, 0.15) is 22.7 Å². The molecule has 3 aromatic rings. The summed E-state index contributed by atoms with van der Waals surface area (Å²) in [6.45, 7) is 0. The van der Waals surface area contributed by atoms with Crippen LogP contribution in [0.25, 0.3) is 0 Å². The molecule has 0 aliphatic carbocycles. The Bertz CT molecular complexity index is 980. The van der Waals surface area contributed by atoms with E-state index >= 15 is 0 Å². The molecule has 0 fully saturated rings. The van der Waals surface area contributed by atoms with E-state index in [1.54, 1.807) is 24.3 Å². The molecule has 142 valence electrons. The van der Waals surface area contributed by atoms with Gasteiger partial charge in [-0.1, -0.05) is 42.5 Å². The van der Waals surface area contributed by atoms with Crippen molar-refractivity contribution in [3.63, 3.8) is 0 Å². The van der Waals surface area contributed by atoms with E-state index in [-0.39, 0.29) is 17.5 Å². The smallest absolute Gasteiger partial charge is 0.261 e. The van der Waals surface area contributed by atoms with Crippen molar-refractivity contribution in [2.75, 3.05) is 0 Å². The molecule has 28 heavy (non-hydrogen) atoms. The Labute approximate surface area is 162 Å². The highest BCUT2D eigenvalue weighted by molar-refractivity contribution is 5.83. The van der Waals surface area contributed by atoms with Crippen LogP contribution in [0.3, 0.4) is 0 Å². The van der Waals surface area contributed by atoms with E-state index in [9.17, 15) is 13.6 Å². The molecule has 0 bridgehead atoms. The summed E-state index contributed by atoms with van der Waals surface area (Å²) in [5.74, 6) is -0.311. The number of halogens is 2. The summed E-state index contributed by atoms with van der Waals surface area (Å²) in [4.78, 5) is 12.8. The maximum absolute atomic E-state index is 13.8. The number of benzene rings is 3. The minimum absolute atomic E-state index is 0.276. The molecule has 0 radical (unpaired) electrons. The Morgan fingerprint density at radius 1 is 1.00 bits per heavy atom. The van der Waals surface area contributed by atoms with Crippen LogP contribution in [-0.4, -0.2) is 12.0 Å². The van der Waals surface area contributed by atoms with Crippen molar-refractivity contribution in [1.29, 1.82) is 0 Å². The number of hydrogen-bond acceptors (Lipinski definition) is 2. The topological polar surface area (TPSA) is 38.3 Å². The molecule has 3 aromatic carbocycles. The van der Waals surface area contributed by atoms with E-state index in [1.165, 1.54) is 24.3 Å². The fourth-order valence-corrected chi connectivity index (χ4v) is 3.47. The number of para-hydroxylation sites is 1. The molecule has 0 spiro atoms. The number of ether oxygens (including phenoxy) is 1. The van der Waals surface area contributed by atoms with Crippen molar-refractivity contribution in [2.45, 2.75) is 25.0 Å². The number of carbonyl (C=O) groups excluding carboxylic acids is 1. The molecule has 2 atom stereocenters. The van der Waals surface area contributed by atoms with Crippen LogP contribution in [0.5, 0.6) is 5.75 Å². The largest absolute Gasteiger partial charge is 0.480 e. The van der Waals surface area contributed by atoms with Crippen molar-refractivity contribution in [3.05, 3.63) is 101 Å². The van der Waals surface area contributed by atoms with Crippen molar-refractivity contribution in [1.82, 2.24) is 5.32 Å². The molecule has 1 amide bonds. The van der Waals surface area contributed by atoms with Crippen molar-refractivity contribution < 1.29 is 18.3 Å². The number of fused-ring (bicyclic) bond motifs is 1. The van der Waals surface area contributed by atoms with Gasteiger partial charge in [-0.3, -0.25) is 4.79 Å². The third-order valence-electron chi connectivity index (χ3n) is 4.84. The van der Waals surface area contributed by atoms with Crippen molar-refractivity contribution >= 4 is 5.91 Å². The lowest BCUT2D eigenvalue weighted by molar-refractivity contribution is -0.128. The lowest BCUT2D eigenvalue weighted by Gasteiger charge is -2.21. The van der Waals surface area contributed by atoms with Gasteiger partial charge < -0.3 is 10.1 Å². The average Bonchev–Trinajstić information content (AvgIpc) is 3.12. The average molecular weight is 379 g/mol. The summed E-state index contributed by atoms with van der Waals surface area (Å²) in [7, 11) is 0. The van der Waals surface area contributed by atoms with E-state index < -0.39 is 12.1 Å². The molecule has 0 saturated carbocycles. The monoisotopic (exact) mass is 379 g/mol. The van der Waals surface area contributed by atoms with Crippen LogP contribution in [0.2, 0.25) is 0 Å². The van der Waals surface area contributed by atoms with E-state index in [0.29, 0.717) is 29.7 Å². The van der Waals surface area contributed by atoms with Gasteiger partial charge in [0.15, 0.2) is 6.10 Å². The van der Waals surface area contributed by atoms with Gasteiger partial charge in [0.2, 0.25) is 0 Å². The fraction of sp³-hybridized carbons (Fsp3) is 0.174. The second-order valence-electron chi connectivity index (χ2n) is 6.87. The Balaban J connectivity index is 1.54.